The first-order valence-corrected chi connectivity index (χ1v) is 4.87. The molecule has 0 bridgehead atoms. The SMILES string of the molecule is O=C(O)CNC(=O)Oc1cc(Cl)ccc1Cl. The average Bonchev–Trinajstić information content (AvgIpc) is 2.20. The molecule has 0 fully saturated rings. The van der Waals surface area contributed by atoms with Crippen molar-refractivity contribution in [3.63, 3.8) is 0 Å². The van der Waals surface area contributed by atoms with Gasteiger partial charge in [-0.25, -0.2) is 4.79 Å². The molecule has 0 saturated heterocycles. The number of carbonyl (C=O) groups excluding carboxylic acids is 1. The lowest BCUT2D eigenvalue weighted by molar-refractivity contribution is -0.135. The van der Waals surface area contributed by atoms with Crippen LogP contribution in [-0.4, -0.2) is 23.7 Å². The Morgan fingerprint density at radius 3 is 2.69 bits per heavy atom. The lowest BCUT2D eigenvalue weighted by Gasteiger charge is -2.06. The van der Waals surface area contributed by atoms with E-state index in [0.29, 0.717) is 5.02 Å². The maximum absolute atomic E-state index is 11.1. The quantitative estimate of drug-likeness (QED) is 0.877. The van der Waals surface area contributed by atoms with Crippen LogP contribution in [0, 0.1) is 0 Å². The maximum Gasteiger partial charge on any atom is 0.413 e. The average molecular weight is 264 g/mol. The van der Waals surface area contributed by atoms with Crippen LogP contribution in [-0.2, 0) is 4.79 Å². The number of carbonyl (C=O) groups is 2. The number of carboxylic acid groups (broad SMARTS) is 1. The molecule has 0 aliphatic rings. The molecule has 0 aliphatic carbocycles. The largest absolute Gasteiger partial charge is 0.480 e. The summed E-state index contributed by atoms with van der Waals surface area (Å²) in [6.07, 6.45) is -0.911. The fourth-order valence-electron chi connectivity index (χ4n) is 0.839. The van der Waals surface area contributed by atoms with Gasteiger partial charge in [-0.2, -0.15) is 0 Å². The fraction of sp³-hybridized carbons (Fsp3) is 0.111. The maximum atomic E-state index is 11.1. The summed E-state index contributed by atoms with van der Waals surface area (Å²) in [5.41, 5.74) is 0. The lowest BCUT2D eigenvalue weighted by Crippen LogP contribution is -2.31. The van der Waals surface area contributed by atoms with Crippen molar-refractivity contribution in [2.75, 3.05) is 6.54 Å². The summed E-state index contributed by atoms with van der Waals surface area (Å²) in [6, 6.07) is 4.35. The van der Waals surface area contributed by atoms with E-state index in [4.69, 9.17) is 33.0 Å². The number of amides is 1. The first-order chi connectivity index (χ1) is 7.49. The van der Waals surface area contributed by atoms with Gasteiger partial charge in [0.2, 0.25) is 0 Å². The summed E-state index contributed by atoms with van der Waals surface area (Å²) in [4.78, 5) is 21.2. The summed E-state index contributed by atoms with van der Waals surface area (Å²) in [6.45, 7) is -0.531. The number of hydrogen-bond acceptors (Lipinski definition) is 3. The molecule has 5 nitrogen and oxygen atoms in total. The van der Waals surface area contributed by atoms with Gasteiger partial charge in [0.25, 0.3) is 0 Å². The summed E-state index contributed by atoms with van der Waals surface area (Å²) >= 11 is 11.4. The number of ether oxygens (including phenoxy) is 1. The topological polar surface area (TPSA) is 75.6 Å². The number of benzene rings is 1. The van der Waals surface area contributed by atoms with Gasteiger partial charge >= 0.3 is 12.1 Å². The van der Waals surface area contributed by atoms with Crippen molar-refractivity contribution in [2.24, 2.45) is 0 Å². The van der Waals surface area contributed by atoms with Gasteiger partial charge in [0.05, 0.1) is 5.02 Å². The van der Waals surface area contributed by atoms with E-state index in [2.05, 4.69) is 0 Å². The summed E-state index contributed by atoms with van der Waals surface area (Å²) in [5.74, 6) is -1.11. The van der Waals surface area contributed by atoms with E-state index >= 15 is 0 Å². The number of rotatable bonds is 3. The number of hydrogen-bond donors (Lipinski definition) is 2. The van der Waals surface area contributed by atoms with Crippen molar-refractivity contribution in [2.45, 2.75) is 0 Å². The van der Waals surface area contributed by atoms with Crippen LogP contribution in [0.15, 0.2) is 18.2 Å². The standard InChI is InChI=1S/C9H7Cl2NO4/c10-5-1-2-6(11)7(3-5)16-9(15)12-4-8(13)14/h1-3H,4H2,(H,12,15)(H,13,14). The first kappa shape index (κ1) is 12.6. The first-order valence-electron chi connectivity index (χ1n) is 4.11. The molecule has 0 saturated carbocycles. The van der Waals surface area contributed by atoms with E-state index in [1.165, 1.54) is 18.2 Å². The summed E-state index contributed by atoms with van der Waals surface area (Å²) in [7, 11) is 0. The molecule has 0 heterocycles. The van der Waals surface area contributed by atoms with Crippen LogP contribution < -0.4 is 10.1 Å². The van der Waals surface area contributed by atoms with Crippen molar-refractivity contribution >= 4 is 35.3 Å². The highest BCUT2D eigenvalue weighted by Gasteiger charge is 2.09. The molecular weight excluding hydrogens is 257 g/mol. The van der Waals surface area contributed by atoms with Gasteiger partial charge in [-0.15, -0.1) is 0 Å². The molecule has 1 rings (SSSR count). The van der Waals surface area contributed by atoms with E-state index in [0.717, 1.165) is 0 Å². The molecule has 0 spiro atoms. The van der Waals surface area contributed by atoms with Crippen LogP contribution >= 0.6 is 23.2 Å². The van der Waals surface area contributed by atoms with Crippen molar-refractivity contribution in [3.05, 3.63) is 28.2 Å². The molecule has 7 heteroatoms. The molecule has 0 aliphatic heterocycles. The molecule has 1 amide bonds. The molecule has 1 aromatic rings. The number of carboxylic acids is 1. The van der Waals surface area contributed by atoms with Crippen LogP contribution in [0.3, 0.4) is 0 Å². The van der Waals surface area contributed by atoms with Gasteiger partial charge in [-0.3, -0.25) is 4.79 Å². The zero-order valence-corrected chi connectivity index (χ0v) is 9.38. The Morgan fingerprint density at radius 2 is 2.06 bits per heavy atom. The summed E-state index contributed by atoms with van der Waals surface area (Å²) in [5, 5.41) is 10.9. The molecular formula is C9H7Cl2NO4. The zero-order chi connectivity index (χ0) is 12.1. The highest BCUT2D eigenvalue weighted by atomic mass is 35.5. The second-order valence-electron chi connectivity index (χ2n) is 2.71. The van der Waals surface area contributed by atoms with Crippen molar-refractivity contribution < 1.29 is 19.4 Å². The molecule has 0 aromatic heterocycles. The minimum atomic E-state index is -1.17. The van der Waals surface area contributed by atoms with Gasteiger partial charge < -0.3 is 15.2 Å². The molecule has 86 valence electrons. The molecule has 0 radical (unpaired) electrons. The van der Waals surface area contributed by atoms with Crippen LogP contribution in [0.4, 0.5) is 4.79 Å². The molecule has 16 heavy (non-hydrogen) atoms. The Morgan fingerprint density at radius 1 is 1.38 bits per heavy atom. The van der Waals surface area contributed by atoms with Crippen LogP contribution in [0.2, 0.25) is 10.0 Å². The lowest BCUT2D eigenvalue weighted by atomic mass is 10.3. The van der Waals surface area contributed by atoms with Gasteiger partial charge in [-0.05, 0) is 12.1 Å². The van der Waals surface area contributed by atoms with E-state index < -0.39 is 18.6 Å². The van der Waals surface area contributed by atoms with Gasteiger partial charge in [-0.1, -0.05) is 23.2 Å². The second-order valence-corrected chi connectivity index (χ2v) is 3.56. The fourth-order valence-corrected chi connectivity index (χ4v) is 1.16. The minimum Gasteiger partial charge on any atom is -0.480 e. The van der Waals surface area contributed by atoms with E-state index in [-0.39, 0.29) is 10.8 Å². The van der Waals surface area contributed by atoms with Crippen molar-refractivity contribution in [1.82, 2.24) is 5.32 Å². The number of halogens is 2. The van der Waals surface area contributed by atoms with Crippen LogP contribution in [0.5, 0.6) is 5.75 Å². The Balaban J connectivity index is 2.62. The highest BCUT2D eigenvalue weighted by molar-refractivity contribution is 6.34. The summed E-state index contributed by atoms with van der Waals surface area (Å²) < 4.78 is 4.75. The van der Waals surface area contributed by atoms with Crippen molar-refractivity contribution in [3.8, 4) is 5.75 Å². The molecule has 1 aromatic carbocycles. The third-order valence-corrected chi connectivity index (χ3v) is 2.03. The minimum absolute atomic E-state index is 0.0667. The second kappa shape index (κ2) is 5.58. The van der Waals surface area contributed by atoms with E-state index in [9.17, 15) is 9.59 Å². The Hall–Kier alpha value is -1.46. The predicted octanol–water partition coefficient (Wildman–Crippen LogP) is 2.17. The van der Waals surface area contributed by atoms with E-state index in [1.807, 2.05) is 5.32 Å². The van der Waals surface area contributed by atoms with Gasteiger partial charge in [0.15, 0.2) is 5.75 Å². The normalized spacial score (nSPS) is 9.62. The Bertz CT molecular complexity index is 422. The highest BCUT2D eigenvalue weighted by Crippen LogP contribution is 2.27. The molecule has 0 unspecified atom stereocenters. The van der Waals surface area contributed by atoms with Gasteiger partial charge in [0.1, 0.15) is 6.54 Å². The third-order valence-electron chi connectivity index (χ3n) is 1.48. The smallest absolute Gasteiger partial charge is 0.413 e. The van der Waals surface area contributed by atoms with Crippen LogP contribution in [0.1, 0.15) is 0 Å². The Kier molecular flexibility index (Phi) is 4.39. The molecule has 0 atom stereocenters. The number of nitrogens with one attached hydrogen (secondary N) is 1. The van der Waals surface area contributed by atoms with Crippen molar-refractivity contribution in [1.29, 1.82) is 0 Å². The van der Waals surface area contributed by atoms with E-state index in [1.54, 1.807) is 0 Å². The molecule has 2 N–H and O–H groups in total. The van der Waals surface area contributed by atoms with Crippen LogP contribution in [0.25, 0.3) is 0 Å². The number of aliphatic carboxylic acids is 1. The third kappa shape index (κ3) is 3.96. The monoisotopic (exact) mass is 263 g/mol. The predicted molar refractivity (Wildman–Crippen MR) is 58.1 cm³/mol. The Labute approximate surface area is 101 Å². The van der Waals surface area contributed by atoms with Gasteiger partial charge in [0, 0.05) is 11.1 Å². The zero-order valence-electron chi connectivity index (χ0n) is 7.87.